The monoisotopic (exact) mass is 350 g/mol. The van der Waals surface area contributed by atoms with Gasteiger partial charge < -0.3 is 24.9 Å². The van der Waals surface area contributed by atoms with Crippen LogP contribution >= 0.6 is 34.8 Å². The summed E-state index contributed by atoms with van der Waals surface area (Å²) < 4.78 is 4.88. The van der Waals surface area contributed by atoms with E-state index >= 15 is 0 Å². The minimum atomic E-state index is -2.85. The van der Waals surface area contributed by atoms with Gasteiger partial charge in [-0.15, -0.1) is 11.6 Å². The highest BCUT2D eigenvalue weighted by Crippen LogP contribution is 2.44. The molecule has 0 aromatic heterocycles. The molecule has 0 aromatic carbocycles. The van der Waals surface area contributed by atoms with E-state index in [9.17, 15) is 19.6 Å². The Morgan fingerprint density at radius 1 is 1.15 bits per heavy atom. The van der Waals surface area contributed by atoms with Crippen molar-refractivity contribution in [3.63, 3.8) is 0 Å². The van der Waals surface area contributed by atoms with Crippen LogP contribution in [0.25, 0.3) is 0 Å². The third kappa shape index (κ3) is 3.78. The predicted octanol–water partition coefficient (Wildman–Crippen LogP) is 2.36. The highest BCUT2D eigenvalue weighted by atomic mass is 35.5. The van der Waals surface area contributed by atoms with Gasteiger partial charge in [-0.3, -0.25) is 5.16 Å². The topological polar surface area (TPSA) is 146 Å². The van der Waals surface area contributed by atoms with Crippen molar-refractivity contribution >= 4 is 59.0 Å². The molecular weight excluding hydrogens is 344 g/mol. The summed E-state index contributed by atoms with van der Waals surface area (Å²) in [5.74, 6) is -2.98. The molecule has 0 amide bonds. The van der Waals surface area contributed by atoms with Crippen molar-refractivity contribution < 1.29 is 34.1 Å². The third-order valence-electron chi connectivity index (χ3n) is 2.03. The first-order valence-electron chi connectivity index (χ1n) is 4.66. The van der Waals surface area contributed by atoms with Crippen LogP contribution in [-0.4, -0.2) is 43.6 Å². The van der Waals surface area contributed by atoms with Crippen molar-refractivity contribution in [2.75, 3.05) is 0 Å². The van der Waals surface area contributed by atoms with Gasteiger partial charge in [0.25, 0.3) is 0 Å². The lowest BCUT2D eigenvalue weighted by Gasteiger charge is -2.34. The van der Waals surface area contributed by atoms with Crippen molar-refractivity contribution in [3.05, 3.63) is 5.21 Å². The largest absolute Gasteiger partial charge is 0.790 e. The molecule has 1 unspecified atom stereocenters. The molecule has 0 aliphatic heterocycles. The molecule has 0 aliphatic carbocycles. The molecule has 0 saturated carbocycles. The number of esters is 1. The number of carbonyl (C=O) groups is 3. The second-order valence-corrected chi connectivity index (χ2v) is 5.12. The fraction of sp³-hybridized carbons (Fsp3) is 0.500. The number of hydrogen-bond acceptors (Lipinski definition) is 7. The van der Waals surface area contributed by atoms with E-state index in [-0.39, 0.29) is 0 Å². The van der Waals surface area contributed by atoms with Gasteiger partial charge in [0.2, 0.25) is 10.2 Å². The zero-order valence-electron chi connectivity index (χ0n) is 9.63. The molecule has 0 spiro atoms. The standard InChI is InChI=1S/C8H8Cl3NO8/c1-2-7(9,3(12-18)19-5(14)15)8(10,11)4(13)20-6(16)17/h18H,2H2,1H3,(H,14,15)(H,16,17)/p-1/b12-3-. The van der Waals surface area contributed by atoms with E-state index in [1.54, 1.807) is 0 Å². The molecule has 114 valence electrons. The average Bonchev–Trinajstić information content (AvgIpc) is 2.33. The van der Waals surface area contributed by atoms with Crippen molar-refractivity contribution in [2.24, 2.45) is 5.16 Å². The van der Waals surface area contributed by atoms with Gasteiger partial charge in [-0.25, -0.2) is 14.4 Å². The molecule has 0 saturated heterocycles. The number of ether oxygens (including phenoxy) is 2. The summed E-state index contributed by atoms with van der Waals surface area (Å²) in [6, 6.07) is 0. The lowest BCUT2D eigenvalue weighted by Crippen LogP contribution is -2.54. The van der Waals surface area contributed by atoms with E-state index in [0.29, 0.717) is 0 Å². The minimum Gasteiger partial charge on any atom is -0.790 e. The molecule has 12 heteroatoms. The van der Waals surface area contributed by atoms with Crippen LogP contribution in [0.2, 0.25) is 0 Å². The number of hydrogen-bond donors (Lipinski definition) is 2. The van der Waals surface area contributed by atoms with Gasteiger partial charge in [0.1, 0.15) is 0 Å². The van der Waals surface area contributed by atoms with Gasteiger partial charge in [0, 0.05) is 0 Å². The quantitative estimate of drug-likeness (QED) is 0.196. The van der Waals surface area contributed by atoms with Crippen molar-refractivity contribution in [1.82, 2.24) is 0 Å². The molecular formula is C8H7Cl3NO8-. The Morgan fingerprint density at radius 2 is 1.60 bits per heavy atom. The molecule has 0 bridgehead atoms. The molecule has 2 N–H and O–H groups in total. The van der Waals surface area contributed by atoms with E-state index < -0.39 is 39.8 Å². The summed E-state index contributed by atoms with van der Waals surface area (Å²) in [5.41, 5.74) is 0. The second kappa shape index (κ2) is 6.82. The van der Waals surface area contributed by atoms with Gasteiger partial charge >= 0.3 is 18.3 Å². The normalized spacial score (nSPS) is 15.1. The molecule has 0 aromatic rings. The van der Waals surface area contributed by atoms with E-state index in [1.807, 2.05) is 0 Å². The van der Waals surface area contributed by atoms with Crippen LogP contribution in [0.5, 0.6) is 0 Å². The summed E-state index contributed by atoms with van der Waals surface area (Å²) in [7, 11) is 0. The Bertz CT molecular complexity index is 451. The first-order valence-corrected chi connectivity index (χ1v) is 5.79. The van der Waals surface area contributed by atoms with Gasteiger partial charge in [-0.1, -0.05) is 30.1 Å². The van der Waals surface area contributed by atoms with Gasteiger partial charge in [0.15, 0.2) is 4.87 Å². The summed E-state index contributed by atoms with van der Waals surface area (Å²) in [6.45, 7) is 1.26. The minimum absolute atomic E-state index is 0.412. The zero-order chi connectivity index (χ0) is 16.1. The molecule has 0 radical (unpaired) electrons. The van der Waals surface area contributed by atoms with Crippen LogP contribution in [0.15, 0.2) is 5.16 Å². The fourth-order valence-electron chi connectivity index (χ4n) is 1.07. The molecule has 9 nitrogen and oxygen atoms in total. The van der Waals surface area contributed by atoms with Gasteiger partial charge in [-0.2, -0.15) is 0 Å². The first kappa shape index (κ1) is 18.6. The maximum atomic E-state index is 11.5. The molecule has 0 heterocycles. The van der Waals surface area contributed by atoms with E-state index in [2.05, 4.69) is 14.6 Å². The summed E-state index contributed by atoms with van der Waals surface area (Å²) in [5, 5.41) is 29.5. The summed E-state index contributed by atoms with van der Waals surface area (Å²) in [4.78, 5) is 29.7. The predicted molar refractivity (Wildman–Crippen MR) is 67.3 cm³/mol. The molecule has 0 fully saturated rings. The number of halogens is 3. The summed E-state index contributed by atoms with van der Waals surface area (Å²) in [6.07, 6.45) is -4.41. The highest BCUT2D eigenvalue weighted by molar-refractivity contribution is 6.64. The van der Waals surface area contributed by atoms with Crippen LogP contribution < -0.4 is 0 Å². The number of carboxylic acid groups (broad SMARTS) is 2. The van der Waals surface area contributed by atoms with Crippen molar-refractivity contribution in [2.45, 2.75) is 22.6 Å². The van der Waals surface area contributed by atoms with Crippen molar-refractivity contribution in [1.29, 1.82) is 0 Å². The maximum Gasteiger partial charge on any atom is 0.513 e. The SMILES string of the molecule is CCC(Cl)(/C(=N/[O-])OC(=O)O)C(Cl)(Cl)C(=O)OC(=O)O. The molecule has 1 atom stereocenters. The molecule has 0 rings (SSSR count). The lowest BCUT2D eigenvalue weighted by molar-refractivity contribution is -0.140. The number of nitrogens with zero attached hydrogens (tertiary/aromatic N) is 1. The highest BCUT2D eigenvalue weighted by Gasteiger charge is 2.59. The number of rotatable bonds is 4. The first-order chi connectivity index (χ1) is 9.02. The van der Waals surface area contributed by atoms with E-state index in [0.717, 1.165) is 0 Å². The van der Waals surface area contributed by atoms with Crippen LogP contribution in [-0.2, 0) is 14.3 Å². The van der Waals surface area contributed by atoms with Crippen LogP contribution in [0, 0.1) is 5.21 Å². The van der Waals surface area contributed by atoms with Crippen LogP contribution in [0.3, 0.4) is 0 Å². The Labute approximate surface area is 126 Å². The van der Waals surface area contributed by atoms with E-state index in [1.165, 1.54) is 6.92 Å². The summed E-state index contributed by atoms with van der Waals surface area (Å²) >= 11 is 17.0. The van der Waals surface area contributed by atoms with E-state index in [4.69, 9.17) is 45.0 Å². The van der Waals surface area contributed by atoms with Crippen LogP contribution in [0.4, 0.5) is 9.59 Å². The average molecular weight is 352 g/mol. The van der Waals surface area contributed by atoms with Crippen molar-refractivity contribution in [3.8, 4) is 0 Å². The Hall–Kier alpha value is -1.45. The molecule has 0 aliphatic rings. The fourth-order valence-corrected chi connectivity index (χ4v) is 1.72. The molecule has 20 heavy (non-hydrogen) atoms. The zero-order valence-corrected chi connectivity index (χ0v) is 11.9. The smallest absolute Gasteiger partial charge is 0.513 e. The lowest BCUT2D eigenvalue weighted by atomic mass is 10.00. The van der Waals surface area contributed by atoms with Gasteiger partial charge in [0.05, 0.1) is 0 Å². The number of carbonyl (C=O) groups excluding carboxylic acids is 1. The second-order valence-electron chi connectivity index (χ2n) is 3.15. The Kier molecular flexibility index (Phi) is 6.32. The maximum absolute atomic E-state index is 11.5. The Morgan fingerprint density at radius 3 is 1.90 bits per heavy atom. The Balaban J connectivity index is 5.64. The van der Waals surface area contributed by atoms with Crippen LogP contribution in [0.1, 0.15) is 13.3 Å². The number of alkyl halides is 3. The van der Waals surface area contributed by atoms with Gasteiger partial charge in [-0.05, 0) is 6.42 Å². The third-order valence-corrected chi connectivity index (χ3v) is 3.89.